The van der Waals surface area contributed by atoms with Crippen LogP contribution >= 0.6 is 11.5 Å². The number of phenolic OH excluding ortho intramolecular Hbond substituents is 1. The SMILES string of the molecule is CCOC(=O)CNC(=O)[C@H](c1ccc(O)cc1)N(C(=O)c1snc(C(N)=O)c1N)c1ccccc1. The molecule has 11 nitrogen and oxygen atoms in total. The summed E-state index contributed by atoms with van der Waals surface area (Å²) in [5.41, 5.74) is 11.5. The number of aromatic hydroxyl groups is 1. The first-order chi connectivity index (χ1) is 16.7. The van der Waals surface area contributed by atoms with Gasteiger partial charge in [-0.25, -0.2) is 0 Å². The lowest BCUT2D eigenvalue weighted by Crippen LogP contribution is -2.45. The van der Waals surface area contributed by atoms with Crippen molar-refractivity contribution in [1.82, 2.24) is 9.69 Å². The molecule has 3 rings (SSSR count). The van der Waals surface area contributed by atoms with E-state index in [0.717, 1.165) is 0 Å². The van der Waals surface area contributed by atoms with E-state index in [4.69, 9.17) is 16.2 Å². The number of hydrogen-bond acceptors (Lipinski definition) is 9. The highest BCUT2D eigenvalue weighted by Crippen LogP contribution is 2.33. The number of nitrogen functional groups attached to an aromatic ring is 1. The minimum atomic E-state index is -1.29. The number of carbonyl (C=O) groups excluding carboxylic acids is 4. The van der Waals surface area contributed by atoms with Gasteiger partial charge in [0.25, 0.3) is 11.8 Å². The molecule has 0 fully saturated rings. The van der Waals surface area contributed by atoms with Crippen LogP contribution in [0.2, 0.25) is 0 Å². The van der Waals surface area contributed by atoms with Crippen molar-refractivity contribution in [2.24, 2.45) is 5.73 Å². The Hall–Kier alpha value is -4.45. The Morgan fingerprint density at radius 3 is 2.34 bits per heavy atom. The second kappa shape index (κ2) is 11.1. The van der Waals surface area contributed by atoms with Gasteiger partial charge in [0.1, 0.15) is 23.2 Å². The number of esters is 1. The molecule has 0 saturated heterocycles. The van der Waals surface area contributed by atoms with Gasteiger partial charge in [0.2, 0.25) is 5.91 Å². The molecule has 182 valence electrons. The molecule has 0 bridgehead atoms. The average molecular weight is 498 g/mol. The van der Waals surface area contributed by atoms with Gasteiger partial charge in [0.15, 0.2) is 5.69 Å². The van der Waals surface area contributed by atoms with Crippen LogP contribution in [0.3, 0.4) is 0 Å². The molecule has 0 aliphatic heterocycles. The van der Waals surface area contributed by atoms with E-state index in [2.05, 4.69) is 9.69 Å². The summed E-state index contributed by atoms with van der Waals surface area (Å²) in [4.78, 5) is 51.7. The first kappa shape index (κ1) is 25.2. The Bertz CT molecular complexity index is 1230. The van der Waals surface area contributed by atoms with E-state index in [1.807, 2.05) is 0 Å². The van der Waals surface area contributed by atoms with Gasteiger partial charge in [0, 0.05) is 5.69 Å². The van der Waals surface area contributed by atoms with Crippen LogP contribution in [0, 0.1) is 0 Å². The van der Waals surface area contributed by atoms with Crippen LogP contribution in [0.5, 0.6) is 5.75 Å². The van der Waals surface area contributed by atoms with Crippen LogP contribution in [0.15, 0.2) is 54.6 Å². The van der Waals surface area contributed by atoms with Crippen LogP contribution in [0.25, 0.3) is 0 Å². The smallest absolute Gasteiger partial charge is 0.325 e. The molecule has 0 unspecified atom stereocenters. The first-order valence-electron chi connectivity index (χ1n) is 10.4. The lowest BCUT2D eigenvalue weighted by Gasteiger charge is -2.31. The lowest BCUT2D eigenvalue weighted by atomic mass is 10.0. The number of nitrogens with two attached hydrogens (primary N) is 2. The minimum absolute atomic E-state index is 0.0465. The van der Waals surface area contributed by atoms with Crippen molar-refractivity contribution in [2.45, 2.75) is 13.0 Å². The van der Waals surface area contributed by atoms with E-state index >= 15 is 0 Å². The number of benzene rings is 2. The Morgan fingerprint density at radius 1 is 1.11 bits per heavy atom. The van der Waals surface area contributed by atoms with E-state index in [9.17, 15) is 24.3 Å². The summed E-state index contributed by atoms with van der Waals surface area (Å²) in [6, 6.07) is 12.7. The third-order valence-corrected chi connectivity index (χ3v) is 5.69. The fourth-order valence-corrected chi connectivity index (χ4v) is 4.00. The number of phenols is 1. The Balaban J connectivity index is 2.12. The number of primary amides is 1. The molecule has 1 heterocycles. The second-order valence-electron chi connectivity index (χ2n) is 7.17. The molecule has 3 aromatic rings. The Kier molecular flexibility index (Phi) is 8.00. The molecule has 1 atom stereocenters. The normalized spacial score (nSPS) is 11.3. The molecule has 35 heavy (non-hydrogen) atoms. The molecular formula is C23H23N5O6S. The van der Waals surface area contributed by atoms with E-state index in [-0.39, 0.29) is 28.6 Å². The van der Waals surface area contributed by atoms with E-state index in [1.165, 1.54) is 29.2 Å². The maximum Gasteiger partial charge on any atom is 0.325 e. The topological polar surface area (TPSA) is 178 Å². The molecule has 0 aliphatic carbocycles. The summed E-state index contributed by atoms with van der Waals surface area (Å²) in [7, 11) is 0. The number of amides is 3. The number of para-hydroxylation sites is 1. The van der Waals surface area contributed by atoms with Crippen LogP contribution in [-0.4, -0.2) is 46.3 Å². The summed E-state index contributed by atoms with van der Waals surface area (Å²) in [6.45, 7) is 1.35. The molecule has 3 amide bonds. The zero-order valence-corrected chi connectivity index (χ0v) is 19.5. The molecule has 0 spiro atoms. The number of aromatic nitrogens is 1. The molecule has 0 radical (unpaired) electrons. The predicted octanol–water partition coefficient (Wildman–Crippen LogP) is 1.60. The zero-order valence-electron chi connectivity index (χ0n) is 18.6. The molecule has 0 saturated carbocycles. The summed E-state index contributed by atoms with van der Waals surface area (Å²) < 4.78 is 8.74. The van der Waals surface area contributed by atoms with Crippen LogP contribution in [0.4, 0.5) is 11.4 Å². The second-order valence-corrected chi connectivity index (χ2v) is 7.94. The molecule has 0 aliphatic rings. The molecule has 6 N–H and O–H groups in total. The average Bonchev–Trinajstić information content (AvgIpc) is 3.23. The standard InChI is InChI=1S/C23H23N5O6S/c1-2-34-16(30)12-26-22(32)19(13-8-10-15(29)11-9-13)28(14-6-4-3-5-7-14)23(33)20-17(24)18(21(25)31)27-35-20/h3-11,19,29H,2,12,24H2,1H3,(H2,25,31)(H,26,32)/t19-/m0/s1. The minimum Gasteiger partial charge on any atom is -0.508 e. The van der Waals surface area contributed by atoms with E-state index in [0.29, 0.717) is 22.8 Å². The van der Waals surface area contributed by atoms with Crippen molar-refractivity contribution in [1.29, 1.82) is 0 Å². The van der Waals surface area contributed by atoms with Gasteiger partial charge in [-0.15, -0.1) is 0 Å². The highest BCUT2D eigenvalue weighted by molar-refractivity contribution is 7.09. The third kappa shape index (κ3) is 5.73. The van der Waals surface area contributed by atoms with Crippen molar-refractivity contribution in [3.8, 4) is 5.75 Å². The predicted molar refractivity (Wildman–Crippen MR) is 129 cm³/mol. The van der Waals surface area contributed by atoms with E-state index in [1.54, 1.807) is 37.3 Å². The largest absolute Gasteiger partial charge is 0.508 e. The number of rotatable bonds is 9. The van der Waals surface area contributed by atoms with Crippen molar-refractivity contribution in [3.05, 3.63) is 70.7 Å². The van der Waals surface area contributed by atoms with Crippen molar-refractivity contribution < 1.29 is 29.0 Å². The third-order valence-electron chi connectivity index (χ3n) is 4.84. The van der Waals surface area contributed by atoms with Crippen molar-refractivity contribution >= 4 is 46.6 Å². The number of carbonyl (C=O) groups is 4. The van der Waals surface area contributed by atoms with E-state index < -0.39 is 36.3 Å². The molecule has 2 aromatic carbocycles. The van der Waals surface area contributed by atoms with Gasteiger partial charge >= 0.3 is 5.97 Å². The number of hydrogen-bond donors (Lipinski definition) is 4. The Labute approximate surface area is 204 Å². The maximum absolute atomic E-state index is 13.8. The van der Waals surface area contributed by atoms with Crippen LogP contribution in [-0.2, 0) is 14.3 Å². The van der Waals surface area contributed by atoms with Gasteiger partial charge in [-0.3, -0.25) is 24.1 Å². The molecule has 12 heteroatoms. The zero-order chi connectivity index (χ0) is 25.5. The summed E-state index contributed by atoms with van der Waals surface area (Å²) in [5, 5.41) is 12.2. The lowest BCUT2D eigenvalue weighted by molar-refractivity contribution is -0.143. The fourth-order valence-electron chi connectivity index (χ4n) is 3.25. The monoisotopic (exact) mass is 497 g/mol. The van der Waals surface area contributed by atoms with Crippen LogP contribution < -0.4 is 21.7 Å². The number of ether oxygens (including phenoxy) is 1. The number of anilines is 2. The molecule has 1 aromatic heterocycles. The highest BCUT2D eigenvalue weighted by Gasteiger charge is 2.36. The van der Waals surface area contributed by atoms with Crippen LogP contribution in [0.1, 0.15) is 38.7 Å². The van der Waals surface area contributed by atoms with Gasteiger partial charge < -0.3 is 26.6 Å². The Morgan fingerprint density at radius 2 is 1.77 bits per heavy atom. The van der Waals surface area contributed by atoms with Gasteiger partial charge in [-0.1, -0.05) is 30.3 Å². The number of nitrogens with zero attached hydrogens (tertiary/aromatic N) is 2. The summed E-state index contributed by atoms with van der Waals surface area (Å²) >= 11 is 0.674. The summed E-state index contributed by atoms with van der Waals surface area (Å²) in [6.07, 6.45) is 0. The number of nitrogens with one attached hydrogen (secondary N) is 1. The maximum atomic E-state index is 13.8. The van der Waals surface area contributed by atoms with Crippen molar-refractivity contribution in [2.75, 3.05) is 23.8 Å². The highest BCUT2D eigenvalue weighted by atomic mass is 32.1. The van der Waals surface area contributed by atoms with Gasteiger partial charge in [-0.05, 0) is 48.3 Å². The molecular weight excluding hydrogens is 474 g/mol. The van der Waals surface area contributed by atoms with Crippen molar-refractivity contribution in [3.63, 3.8) is 0 Å². The van der Waals surface area contributed by atoms with Gasteiger partial charge in [-0.2, -0.15) is 4.37 Å². The fraction of sp³-hybridized carbons (Fsp3) is 0.174. The first-order valence-corrected chi connectivity index (χ1v) is 11.2. The summed E-state index contributed by atoms with van der Waals surface area (Å²) in [5.74, 6) is -3.01. The quantitative estimate of drug-likeness (QED) is 0.322. The van der Waals surface area contributed by atoms with Gasteiger partial charge in [0.05, 0.1) is 12.3 Å².